The number of hydrogen-bond acceptors (Lipinski definition) is 4. The molecule has 0 heterocycles. The van der Waals surface area contributed by atoms with Gasteiger partial charge in [0.15, 0.2) is 0 Å². The smallest absolute Gasteiger partial charge is 0.305 e. The van der Waals surface area contributed by atoms with Gasteiger partial charge < -0.3 is 14.6 Å². The normalized spacial score (nSPS) is 12.1. The molecule has 4 heteroatoms. The van der Waals surface area contributed by atoms with Crippen molar-refractivity contribution in [3.8, 4) is 5.75 Å². The quantitative estimate of drug-likeness (QED) is 0.804. The Kier molecular flexibility index (Phi) is 5.83. The number of ether oxygens (including phenoxy) is 2. The standard InChI is InChI=1S/C15H22O4/c1-10-9-14(18-3)11(2)8-12(10)13(16)6-5-7-15(17)19-4/h8-9,13,16H,5-7H2,1-4H3. The molecular weight excluding hydrogens is 244 g/mol. The molecule has 0 amide bonds. The van der Waals surface area contributed by atoms with Crippen LogP contribution in [-0.2, 0) is 9.53 Å². The number of carbonyl (C=O) groups is 1. The summed E-state index contributed by atoms with van der Waals surface area (Å²) >= 11 is 0. The lowest BCUT2D eigenvalue weighted by Crippen LogP contribution is -2.05. The summed E-state index contributed by atoms with van der Waals surface area (Å²) in [6, 6.07) is 3.87. The molecule has 0 aliphatic rings. The summed E-state index contributed by atoms with van der Waals surface area (Å²) in [5.41, 5.74) is 2.88. The number of rotatable bonds is 6. The van der Waals surface area contributed by atoms with Crippen LogP contribution >= 0.6 is 0 Å². The van der Waals surface area contributed by atoms with Crippen LogP contribution in [0.5, 0.6) is 5.75 Å². The lowest BCUT2D eigenvalue weighted by Gasteiger charge is -2.16. The van der Waals surface area contributed by atoms with Gasteiger partial charge in [0.25, 0.3) is 0 Å². The van der Waals surface area contributed by atoms with E-state index in [0.717, 1.165) is 22.4 Å². The highest BCUT2D eigenvalue weighted by atomic mass is 16.5. The Bertz CT molecular complexity index is 440. The summed E-state index contributed by atoms with van der Waals surface area (Å²) in [6.45, 7) is 3.89. The van der Waals surface area contributed by atoms with E-state index in [0.29, 0.717) is 19.3 Å². The van der Waals surface area contributed by atoms with E-state index in [2.05, 4.69) is 4.74 Å². The van der Waals surface area contributed by atoms with E-state index in [1.165, 1.54) is 7.11 Å². The van der Waals surface area contributed by atoms with Crippen molar-refractivity contribution in [2.45, 2.75) is 39.2 Å². The van der Waals surface area contributed by atoms with E-state index in [9.17, 15) is 9.90 Å². The molecule has 4 nitrogen and oxygen atoms in total. The maximum absolute atomic E-state index is 11.0. The third-order valence-corrected chi connectivity index (χ3v) is 3.23. The second kappa shape index (κ2) is 7.14. The number of aliphatic hydroxyl groups is 1. The van der Waals surface area contributed by atoms with Crippen molar-refractivity contribution in [1.29, 1.82) is 0 Å². The summed E-state index contributed by atoms with van der Waals surface area (Å²) in [4.78, 5) is 11.0. The number of methoxy groups -OCH3 is 2. The Balaban J connectivity index is 2.69. The van der Waals surface area contributed by atoms with Crippen LogP contribution in [0.1, 0.15) is 42.1 Å². The van der Waals surface area contributed by atoms with Crippen LogP contribution in [-0.4, -0.2) is 25.3 Å². The van der Waals surface area contributed by atoms with E-state index in [4.69, 9.17) is 4.74 Å². The molecule has 0 spiro atoms. The SMILES string of the molecule is COC(=O)CCCC(O)c1cc(C)c(OC)cc1C. The topological polar surface area (TPSA) is 55.8 Å². The van der Waals surface area contributed by atoms with Gasteiger partial charge in [-0.05, 0) is 55.5 Å². The number of esters is 1. The minimum Gasteiger partial charge on any atom is -0.496 e. The molecule has 0 radical (unpaired) electrons. The molecule has 0 aliphatic heterocycles. The van der Waals surface area contributed by atoms with Gasteiger partial charge in [0.1, 0.15) is 5.75 Å². The molecule has 19 heavy (non-hydrogen) atoms. The van der Waals surface area contributed by atoms with E-state index in [1.54, 1.807) is 7.11 Å². The molecule has 0 bridgehead atoms. The Morgan fingerprint density at radius 2 is 1.95 bits per heavy atom. The van der Waals surface area contributed by atoms with Crippen molar-refractivity contribution in [2.24, 2.45) is 0 Å². The summed E-state index contributed by atoms with van der Waals surface area (Å²) in [5, 5.41) is 10.2. The van der Waals surface area contributed by atoms with Crippen LogP contribution in [0.2, 0.25) is 0 Å². The Morgan fingerprint density at radius 1 is 1.26 bits per heavy atom. The number of aryl methyl sites for hydroxylation is 2. The third kappa shape index (κ3) is 4.24. The van der Waals surface area contributed by atoms with Gasteiger partial charge in [-0.1, -0.05) is 0 Å². The molecule has 0 saturated heterocycles. The van der Waals surface area contributed by atoms with Gasteiger partial charge in [-0.15, -0.1) is 0 Å². The number of carbonyl (C=O) groups excluding carboxylic acids is 1. The molecule has 1 unspecified atom stereocenters. The zero-order valence-electron chi connectivity index (χ0n) is 12.0. The molecule has 1 N–H and O–H groups in total. The van der Waals surface area contributed by atoms with Gasteiger partial charge in [-0.25, -0.2) is 0 Å². The molecule has 1 aromatic rings. The highest BCUT2D eigenvalue weighted by Crippen LogP contribution is 2.28. The minimum absolute atomic E-state index is 0.241. The molecule has 0 saturated carbocycles. The second-order valence-electron chi connectivity index (χ2n) is 4.66. The predicted molar refractivity (Wildman–Crippen MR) is 73.3 cm³/mol. The molecule has 1 aromatic carbocycles. The summed E-state index contributed by atoms with van der Waals surface area (Å²) in [5.74, 6) is 0.581. The van der Waals surface area contributed by atoms with Gasteiger partial charge in [0.2, 0.25) is 0 Å². The number of benzene rings is 1. The number of aliphatic hydroxyl groups excluding tert-OH is 1. The van der Waals surface area contributed by atoms with Crippen molar-refractivity contribution in [2.75, 3.05) is 14.2 Å². The molecule has 106 valence electrons. The second-order valence-corrected chi connectivity index (χ2v) is 4.66. The Morgan fingerprint density at radius 3 is 2.53 bits per heavy atom. The molecule has 0 fully saturated rings. The fraction of sp³-hybridized carbons (Fsp3) is 0.533. The van der Waals surface area contributed by atoms with Gasteiger partial charge in [-0.2, -0.15) is 0 Å². The van der Waals surface area contributed by atoms with Crippen molar-refractivity contribution in [3.63, 3.8) is 0 Å². The van der Waals surface area contributed by atoms with Gasteiger partial charge >= 0.3 is 5.97 Å². The first-order chi connectivity index (χ1) is 8.99. The van der Waals surface area contributed by atoms with Crippen molar-refractivity contribution in [3.05, 3.63) is 28.8 Å². The summed E-state index contributed by atoms with van der Waals surface area (Å²) in [6.07, 6.45) is 0.927. The largest absolute Gasteiger partial charge is 0.496 e. The van der Waals surface area contributed by atoms with Gasteiger partial charge in [0, 0.05) is 6.42 Å². The van der Waals surface area contributed by atoms with Crippen molar-refractivity contribution < 1.29 is 19.4 Å². The maximum Gasteiger partial charge on any atom is 0.305 e. The Labute approximate surface area is 114 Å². The third-order valence-electron chi connectivity index (χ3n) is 3.23. The van der Waals surface area contributed by atoms with Crippen molar-refractivity contribution >= 4 is 5.97 Å². The van der Waals surface area contributed by atoms with E-state index < -0.39 is 6.10 Å². The highest BCUT2D eigenvalue weighted by molar-refractivity contribution is 5.69. The molecule has 1 rings (SSSR count). The van der Waals surface area contributed by atoms with E-state index in [1.807, 2.05) is 26.0 Å². The zero-order chi connectivity index (χ0) is 14.4. The highest BCUT2D eigenvalue weighted by Gasteiger charge is 2.13. The van der Waals surface area contributed by atoms with Crippen LogP contribution < -0.4 is 4.74 Å². The first-order valence-electron chi connectivity index (χ1n) is 6.39. The van der Waals surface area contributed by atoms with Crippen molar-refractivity contribution in [1.82, 2.24) is 0 Å². The first kappa shape index (κ1) is 15.5. The maximum atomic E-state index is 11.0. The lowest BCUT2D eigenvalue weighted by atomic mass is 9.97. The molecule has 1 atom stereocenters. The fourth-order valence-electron chi connectivity index (χ4n) is 2.09. The Hall–Kier alpha value is -1.55. The van der Waals surface area contributed by atoms with E-state index >= 15 is 0 Å². The van der Waals surface area contributed by atoms with Crippen LogP contribution in [0, 0.1) is 13.8 Å². The van der Waals surface area contributed by atoms with E-state index in [-0.39, 0.29) is 5.97 Å². The summed E-state index contributed by atoms with van der Waals surface area (Å²) in [7, 11) is 3.00. The lowest BCUT2D eigenvalue weighted by molar-refractivity contribution is -0.140. The monoisotopic (exact) mass is 266 g/mol. The zero-order valence-corrected chi connectivity index (χ0v) is 12.0. The van der Waals surface area contributed by atoms with Gasteiger partial charge in [-0.3, -0.25) is 4.79 Å². The van der Waals surface area contributed by atoms with Crippen LogP contribution in [0.25, 0.3) is 0 Å². The minimum atomic E-state index is -0.561. The molecule has 0 aliphatic carbocycles. The fourth-order valence-corrected chi connectivity index (χ4v) is 2.09. The average molecular weight is 266 g/mol. The van der Waals surface area contributed by atoms with Crippen LogP contribution in [0.3, 0.4) is 0 Å². The first-order valence-corrected chi connectivity index (χ1v) is 6.39. The molecule has 0 aromatic heterocycles. The average Bonchev–Trinajstić information content (AvgIpc) is 2.40. The predicted octanol–water partition coefficient (Wildman–Crippen LogP) is 2.69. The van der Waals surface area contributed by atoms with Crippen LogP contribution in [0.4, 0.5) is 0 Å². The number of hydrogen-bond donors (Lipinski definition) is 1. The van der Waals surface area contributed by atoms with Crippen LogP contribution in [0.15, 0.2) is 12.1 Å². The van der Waals surface area contributed by atoms with Gasteiger partial charge in [0.05, 0.1) is 20.3 Å². The summed E-state index contributed by atoms with van der Waals surface area (Å²) < 4.78 is 9.82. The molecular formula is C15H22O4.